The molecule has 6 rings (SSSR count). The van der Waals surface area contributed by atoms with Crippen LogP contribution < -0.4 is 10.2 Å². The van der Waals surface area contributed by atoms with Crippen LogP contribution in [0.5, 0.6) is 0 Å². The van der Waals surface area contributed by atoms with Crippen LogP contribution in [-0.4, -0.2) is 60.8 Å². The van der Waals surface area contributed by atoms with Crippen molar-refractivity contribution in [1.29, 1.82) is 0 Å². The zero-order valence-corrected chi connectivity index (χ0v) is 34.0. The van der Waals surface area contributed by atoms with Crippen molar-refractivity contribution in [2.75, 3.05) is 34.8 Å². The van der Waals surface area contributed by atoms with Crippen molar-refractivity contribution in [1.82, 2.24) is 0 Å². The molecule has 0 saturated carbocycles. The van der Waals surface area contributed by atoms with E-state index >= 15 is 0 Å². The molecule has 11 heteroatoms. The standard InChI is InChI=1S/C44H53N3O6S2/c1-43(2)36-21-8-10-23-38(36)46(29-12-14-31-54(48,49)50)40(43)27-25-33-17-16-18-34(42(33)45-35-19-6-5-7-20-35)26-28-41-44(3,4)37-22-9-11-24-39(37)47(41)30-13-15-32-55(51,52)53/h5-11,19-28H,12-18,29-32H2,1-4H3,(H2,48,49,50,51,52,53)/p+1. The Hall–Kier alpha value is -4.29. The smallest absolute Gasteiger partial charge is 0.264 e. The largest absolute Gasteiger partial charge is 0.355 e. The number of hydrogen-bond donors (Lipinski definition) is 3. The van der Waals surface area contributed by atoms with Crippen molar-refractivity contribution in [3.8, 4) is 0 Å². The number of allylic oxidation sites excluding steroid dienone is 7. The molecule has 2 aliphatic heterocycles. The van der Waals surface area contributed by atoms with Crippen LogP contribution in [0.2, 0.25) is 0 Å². The van der Waals surface area contributed by atoms with Crippen LogP contribution in [0.4, 0.5) is 17.1 Å². The van der Waals surface area contributed by atoms with Crippen LogP contribution in [0.3, 0.4) is 0 Å². The molecule has 0 atom stereocenters. The van der Waals surface area contributed by atoms with E-state index in [1.807, 2.05) is 30.3 Å². The fourth-order valence-corrected chi connectivity index (χ4v) is 9.45. The molecule has 9 nitrogen and oxygen atoms in total. The molecule has 3 aromatic carbocycles. The number of fused-ring (bicyclic) bond motifs is 2. The van der Waals surface area contributed by atoms with Crippen LogP contribution in [0.1, 0.15) is 83.8 Å². The summed E-state index contributed by atoms with van der Waals surface area (Å²) in [6.45, 7) is 10.2. The zero-order chi connectivity index (χ0) is 39.4. The average molecular weight is 785 g/mol. The molecule has 3 aromatic rings. The predicted octanol–water partition coefficient (Wildman–Crippen LogP) is 9.11. The SMILES string of the molecule is CC1(C)C(=CC=C2CCCC(C=CC3=[N+](CCCCS(=O)(=O)O)c4ccccc4C3(C)C)=C2Nc2ccccc2)N(CCCCS(=O)(=O)O)c2ccccc21. The van der Waals surface area contributed by atoms with E-state index in [9.17, 15) is 25.9 Å². The molecular formula is C44H54N3O6S2+. The van der Waals surface area contributed by atoms with Crippen molar-refractivity contribution in [3.63, 3.8) is 0 Å². The molecule has 0 unspecified atom stereocenters. The molecule has 2 heterocycles. The monoisotopic (exact) mass is 784 g/mol. The van der Waals surface area contributed by atoms with E-state index in [-0.39, 0.29) is 22.3 Å². The lowest BCUT2D eigenvalue weighted by atomic mass is 9.81. The third-order valence-electron chi connectivity index (χ3n) is 11.1. The van der Waals surface area contributed by atoms with Gasteiger partial charge in [-0.25, -0.2) is 0 Å². The van der Waals surface area contributed by atoms with E-state index in [1.165, 1.54) is 22.3 Å². The van der Waals surface area contributed by atoms with Crippen molar-refractivity contribution >= 4 is 43.0 Å². The molecule has 0 bridgehead atoms. The molecule has 3 aliphatic rings. The van der Waals surface area contributed by atoms with Gasteiger partial charge >= 0.3 is 0 Å². The molecule has 0 fully saturated rings. The molecule has 0 radical (unpaired) electrons. The first kappa shape index (κ1) is 40.4. The lowest BCUT2D eigenvalue weighted by Gasteiger charge is -2.28. The van der Waals surface area contributed by atoms with Gasteiger partial charge in [-0.1, -0.05) is 80.6 Å². The van der Waals surface area contributed by atoms with Gasteiger partial charge in [0, 0.05) is 58.9 Å². The summed E-state index contributed by atoms with van der Waals surface area (Å²) in [6.07, 6.45) is 13.7. The van der Waals surface area contributed by atoms with E-state index < -0.39 is 20.2 Å². The number of para-hydroxylation sites is 3. The van der Waals surface area contributed by atoms with E-state index in [0.29, 0.717) is 38.8 Å². The minimum atomic E-state index is -4.02. The van der Waals surface area contributed by atoms with Crippen molar-refractivity contribution in [2.24, 2.45) is 0 Å². The highest BCUT2D eigenvalue weighted by atomic mass is 32.2. The van der Waals surface area contributed by atoms with Gasteiger partial charge in [0.25, 0.3) is 20.2 Å². The lowest BCUT2D eigenvalue weighted by Crippen LogP contribution is -2.28. The fraction of sp³-hybridized carbons (Fsp3) is 0.386. The van der Waals surface area contributed by atoms with Crippen molar-refractivity contribution in [3.05, 3.63) is 137 Å². The van der Waals surface area contributed by atoms with Gasteiger partial charge in [-0.15, -0.1) is 0 Å². The molecule has 1 aliphatic carbocycles. The number of anilines is 2. The van der Waals surface area contributed by atoms with E-state index in [1.54, 1.807) is 0 Å². The summed E-state index contributed by atoms with van der Waals surface area (Å²) in [5, 5.41) is 3.78. The second-order valence-electron chi connectivity index (χ2n) is 15.8. The van der Waals surface area contributed by atoms with E-state index in [4.69, 9.17) is 0 Å². The van der Waals surface area contributed by atoms with Crippen LogP contribution in [0.25, 0.3) is 0 Å². The summed E-state index contributed by atoms with van der Waals surface area (Å²) in [5.74, 6) is -0.502. The number of nitrogens with one attached hydrogen (secondary N) is 1. The highest BCUT2D eigenvalue weighted by Gasteiger charge is 2.44. The second-order valence-corrected chi connectivity index (χ2v) is 18.9. The summed E-state index contributed by atoms with van der Waals surface area (Å²) in [6, 6.07) is 27.0. The molecule has 0 aromatic heterocycles. The Kier molecular flexibility index (Phi) is 12.1. The summed E-state index contributed by atoms with van der Waals surface area (Å²) in [5.41, 5.74) is 10.9. The molecule has 0 spiro atoms. The average Bonchev–Trinajstić information content (AvgIpc) is 3.48. The minimum Gasteiger partial charge on any atom is -0.355 e. The maximum atomic E-state index is 11.4. The Balaban J connectivity index is 1.39. The first-order valence-corrected chi connectivity index (χ1v) is 22.4. The van der Waals surface area contributed by atoms with Crippen LogP contribution in [0, 0.1) is 0 Å². The highest BCUT2D eigenvalue weighted by molar-refractivity contribution is 7.86. The maximum Gasteiger partial charge on any atom is 0.264 e. The Bertz CT molecular complexity index is 2290. The Morgan fingerprint density at radius 1 is 0.727 bits per heavy atom. The van der Waals surface area contributed by atoms with Gasteiger partial charge in [-0.3, -0.25) is 9.11 Å². The third-order valence-corrected chi connectivity index (χ3v) is 12.7. The maximum absolute atomic E-state index is 11.4. The minimum absolute atomic E-state index is 0.251. The van der Waals surface area contributed by atoms with E-state index in [0.717, 1.165) is 53.4 Å². The number of hydrogen-bond acceptors (Lipinski definition) is 6. The Morgan fingerprint density at radius 3 is 2.07 bits per heavy atom. The number of nitrogens with zero attached hydrogens (tertiary/aromatic N) is 2. The van der Waals surface area contributed by atoms with Crippen molar-refractivity contribution < 1.29 is 30.5 Å². The van der Waals surface area contributed by atoms with Crippen molar-refractivity contribution in [2.45, 2.75) is 83.5 Å². The molecule has 3 N–H and O–H groups in total. The summed E-state index contributed by atoms with van der Waals surface area (Å²) in [7, 11) is -8.03. The van der Waals surface area contributed by atoms with Gasteiger partial charge in [0.15, 0.2) is 5.71 Å². The van der Waals surface area contributed by atoms with Gasteiger partial charge < -0.3 is 10.2 Å². The predicted molar refractivity (Wildman–Crippen MR) is 224 cm³/mol. The van der Waals surface area contributed by atoms with Gasteiger partial charge in [-0.2, -0.15) is 21.4 Å². The molecule has 0 amide bonds. The first-order valence-electron chi connectivity index (χ1n) is 19.2. The second kappa shape index (κ2) is 16.4. The normalized spacial score (nSPS) is 19.5. The van der Waals surface area contributed by atoms with Gasteiger partial charge in [0.2, 0.25) is 5.69 Å². The first-order chi connectivity index (χ1) is 26.1. The number of benzene rings is 3. The fourth-order valence-electron chi connectivity index (χ4n) is 8.32. The Morgan fingerprint density at radius 2 is 1.36 bits per heavy atom. The zero-order valence-electron chi connectivity index (χ0n) is 32.3. The lowest BCUT2D eigenvalue weighted by molar-refractivity contribution is -0.438. The molecular weight excluding hydrogens is 731 g/mol. The van der Waals surface area contributed by atoms with Crippen LogP contribution in [-0.2, 0) is 31.1 Å². The summed E-state index contributed by atoms with van der Waals surface area (Å²) >= 11 is 0. The van der Waals surface area contributed by atoms with E-state index in [2.05, 4.69) is 115 Å². The van der Waals surface area contributed by atoms with Gasteiger partial charge in [-0.05, 0) is 93.4 Å². The third kappa shape index (κ3) is 9.40. The topological polar surface area (TPSA) is 127 Å². The highest BCUT2D eigenvalue weighted by Crippen LogP contribution is 2.48. The quantitative estimate of drug-likeness (QED) is 0.0792. The molecule has 292 valence electrons. The summed E-state index contributed by atoms with van der Waals surface area (Å²) < 4.78 is 66.7. The van der Waals surface area contributed by atoms with Gasteiger partial charge in [0.05, 0.1) is 16.9 Å². The summed E-state index contributed by atoms with van der Waals surface area (Å²) in [4.78, 5) is 2.30. The Labute approximate surface area is 327 Å². The molecule has 0 saturated heterocycles. The van der Waals surface area contributed by atoms with Gasteiger partial charge in [0.1, 0.15) is 6.54 Å². The van der Waals surface area contributed by atoms with Crippen LogP contribution in [0.15, 0.2) is 126 Å². The number of unbranched alkanes of at least 4 members (excludes halogenated alkanes) is 2. The number of rotatable bonds is 15. The molecule has 55 heavy (non-hydrogen) atoms. The van der Waals surface area contributed by atoms with Crippen LogP contribution >= 0.6 is 0 Å².